The van der Waals surface area contributed by atoms with E-state index in [0.29, 0.717) is 5.56 Å². The lowest BCUT2D eigenvalue weighted by atomic mass is 10.0. The van der Waals surface area contributed by atoms with Crippen molar-refractivity contribution in [2.45, 2.75) is 32.4 Å². The van der Waals surface area contributed by atoms with Crippen molar-refractivity contribution in [3.8, 4) is 0 Å². The molecule has 1 aromatic carbocycles. The normalized spacial score (nSPS) is 21.1. The van der Waals surface area contributed by atoms with Crippen LogP contribution in [0.3, 0.4) is 0 Å². The molecule has 2 aliphatic rings. The van der Waals surface area contributed by atoms with Crippen LogP contribution < -0.4 is 0 Å². The molecule has 0 aromatic heterocycles. The molecule has 4 heteroatoms. The predicted molar refractivity (Wildman–Crippen MR) is 78.0 cm³/mol. The molecule has 1 heterocycles. The number of nitrogens with zero attached hydrogens (tertiary/aromatic N) is 2. The smallest absolute Gasteiger partial charge is 0.335 e. The molecular formula is C16H22N2O2. The van der Waals surface area contributed by atoms with Gasteiger partial charge in [0.15, 0.2) is 0 Å². The number of rotatable bonds is 4. The molecule has 1 N–H and O–H groups in total. The summed E-state index contributed by atoms with van der Waals surface area (Å²) in [5.74, 6) is -0.849. The largest absolute Gasteiger partial charge is 0.478 e. The summed E-state index contributed by atoms with van der Waals surface area (Å²) in [6.07, 6.45) is 2.77. The van der Waals surface area contributed by atoms with Gasteiger partial charge in [0.2, 0.25) is 0 Å². The maximum Gasteiger partial charge on any atom is 0.335 e. The highest BCUT2D eigenvalue weighted by molar-refractivity contribution is 5.87. The van der Waals surface area contributed by atoms with E-state index < -0.39 is 5.97 Å². The number of piperazine rings is 1. The van der Waals surface area contributed by atoms with E-state index in [1.807, 2.05) is 13.0 Å². The van der Waals surface area contributed by atoms with E-state index in [2.05, 4.69) is 9.80 Å². The van der Waals surface area contributed by atoms with Crippen molar-refractivity contribution in [3.63, 3.8) is 0 Å². The van der Waals surface area contributed by atoms with Crippen LogP contribution in [-0.2, 0) is 6.54 Å². The third kappa shape index (κ3) is 3.02. The van der Waals surface area contributed by atoms with E-state index in [9.17, 15) is 4.79 Å². The number of aryl methyl sites for hydroxylation is 1. The minimum absolute atomic E-state index is 0.379. The summed E-state index contributed by atoms with van der Waals surface area (Å²) in [5.41, 5.74) is 2.70. The van der Waals surface area contributed by atoms with Crippen molar-refractivity contribution in [1.29, 1.82) is 0 Å². The Kier molecular flexibility index (Phi) is 3.76. The third-order valence-electron chi connectivity index (χ3n) is 4.45. The standard InChI is InChI=1S/C16H22N2O2/c1-12-10-13(16(19)20)2-3-14(12)11-17-6-8-18(9-7-17)15-4-5-15/h2-3,10,15H,4-9,11H2,1H3,(H,19,20). The Balaban J connectivity index is 1.59. The van der Waals surface area contributed by atoms with Crippen LogP contribution >= 0.6 is 0 Å². The second-order valence-corrected chi connectivity index (χ2v) is 5.99. The van der Waals surface area contributed by atoms with Crippen LogP contribution in [-0.4, -0.2) is 53.1 Å². The second-order valence-electron chi connectivity index (χ2n) is 5.99. The van der Waals surface area contributed by atoms with Gasteiger partial charge in [-0.3, -0.25) is 9.80 Å². The first-order chi connectivity index (χ1) is 9.63. The fourth-order valence-corrected chi connectivity index (χ4v) is 2.97. The van der Waals surface area contributed by atoms with Gasteiger partial charge in [-0.1, -0.05) is 6.07 Å². The Labute approximate surface area is 120 Å². The van der Waals surface area contributed by atoms with Crippen molar-refractivity contribution in [2.24, 2.45) is 0 Å². The van der Waals surface area contributed by atoms with Gasteiger partial charge in [0.05, 0.1) is 5.56 Å². The molecule has 108 valence electrons. The molecule has 0 spiro atoms. The molecule has 0 unspecified atom stereocenters. The van der Waals surface area contributed by atoms with E-state index in [0.717, 1.165) is 31.2 Å². The van der Waals surface area contributed by atoms with Gasteiger partial charge in [-0.2, -0.15) is 0 Å². The summed E-state index contributed by atoms with van der Waals surface area (Å²) in [5, 5.41) is 8.99. The van der Waals surface area contributed by atoms with Gasteiger partial charge in [0, 0.05) is 38.8 Å². The summed E-state index contributed by atoms with van der Waals surface area (Å²) < 4.78 is 0. The summed E-state index contributed by atoms with van der Waals surface area (Å²) in [4.78, 5) is 16.0. The van der Waals surface area contributed by atoms with E-state index in [4.69, 9.17) is 5.11 Å². The average Bonchev–Trinajstić information content (AvgIpc) is 3.26. The quantitative estimate of drug-likeness (QED) is 0.911. The summed E-state index contributed by atoms with van der Waals surface area (Å²) in [6.45, 7) is 7.54. The van der Waals surface area contributed by atoms with Crippen LogP contribution in [0.2, 0.25) is 0 Å². The first-order valence-electron chi connectivity index (χ1n) is 7.43. The van der Waals surface area contributed by atoms with Crippen LogP contribution in [0.25, 0.3) is 0 Å². The van der Waals surface area contributed by atoms with Crippen LogP contribution in [0.15, 0.2) is 18.2 Å². The molecule has 4 nitrogen and oxygen atoms in total. The Morgan fingerprint density at radius 2 is 1.95 bits per heavy atom. The average molecular weight is 274 g/mol. The zero-order chi connectivity index (χ0) is 14.1. The van der Waals surface area contributed by atoms with Crippen LogP contribution in [0.4, 0.5) is 0 Å². The minimum atomic E-state index is -0.849. The Hall–Kier alpha value is -1.39. The molecule has 1 saturated carbocycles. The lowest BCUT2D eigenvalue weighted by Crippen LogP contribution is -2.46. The summed E-state index contributed by atoms with van der Waals surface area (Å²) in [7, 11) is 0. The van der Waals surface area contributed by atoms with Gasteiger partial charge in [0.25, 0.3) is 0 Å². The zero-order valence-corrected chi connectivity index (χ0v) is 12.0. The number of carboxylic acid groups (broad SMARTS) is 1. The fourth-order valence-electron chi connectivity index (χ4n) is 2.97. The molecule has 0 bridgehead atoms. The lowest BCUT2D eigenvalue weighted by Gasteiger charge is -2.35. The number of carbonyl (C=O) groups is 1. The molecule has 20 heavy (non-hydrogen) atoms. The van der Waals surface area contributed by atoms with E-state index >= 15 is 0 Å². The predicted octanol–water partition coefficient (Wildman–Crippen LogP) is 1.97. The van der Waals surface area contributed by atoms with E-state index in [-0.39, 0.29) is 0 Å². The molecular weight excluding hydrogens is 252 g/mol. The topological polar surface area (TPSA) is 43.8 Å². The molecule has 0 amide bonds. The molecule has 3 rings (SSSR count). The van der Waals surface area contributed by atoms with Crippen molar-refractivity contribution in [1.82, 2.24) is 9.80 Å². The highest BCUT2D eigenvalue weighted by Gasteiger charge is 2.31. The van der Waals surface area contributed by atoms with Gasteiger partial charge >= 0.3 is 5.97 Å². The van der Waals surface area contributed by atoms with Gasteiger partial charge in [0.1, 0.15) is 0 Å². The third-order valence-corrected chi connectivity index (χ3v) is 4.45. The van der Waals surface area contributed by atoms with Crippen LogP contribution in [0.5, 0.6) is 0 Å². The number of aromatic carboxylic acids is 1. The van der Waals surface area contributed by atoms with Crippen LogP contribution in [0.1, 0.15) is 34.3 Å². The lowest BCUT2D eigenvalue weighted by molar-refractivity contribution is 0.0696. The molecule has 1 aromatic rings. The minimum Gasteiger partial charge on any atom is -0.478 e. The van der Waals surface area contributed by atoms with Crippen LogP contribution in [0, 0.1) is 6.92 Å². The molecule has 0 radical (unpaired) electrons. The van der Waals surface area contributed by atoms with Crippen molar-refractivity contribution in [3.05, 3.63) is 34.9 Å². The zero-order valence-electron chi connectivity index (χ0n) is 12.0. The molecule has 0 atom stereocenters. The fraction of sp³-hybridized carbons (Fsp3) is 0.562. The SMILES string of the molecule is Cc1cc(C(=O)O)ccc1CN1CCN(C2CC2)CC1. The number of hydrogen-bond donors (Lipinski definition) is 1. The monoisotopic (exact) mass is 274 g/mol. The maximum absolute atomic E-state index is 10.9. The second kappa shape index (κ2) is 5.54. The first-order valence-corrected chi connectivity index (χ1v) is 7.43. The van der Waals surface area contributed by atoms with E-state index in [1.165, 1.54) is 31.5 Å². The highest BCUT2D eigenvalue weighted by atomic mass is 16.4. The van der Waals surface area contributed by atoms with Crippen molar-refractivity contribution in [2.75, 3.05) is 26.2 Å². The van der Waals surface area contributed by atoms with Crippen molar-refractivity contribution < 1.29 is 9.90 Å². The highest BCUT2D eigenvalue weighted by Crippen LogP contribution is 2.27. The Morgan fingerprint density at radius 3 is 2.50 bits per heavy atom. The number of carboxylic acids is 1. The van der Waals surface area contributed by atoms with Gasteiger partial charge in [-0.25, -0.2) is 4.79 Å². The van der Waals surface area contributed by atoms with Gasteiger partial charge < -0.3 is 5.11 Å². The van der Waals surface area contributed by atoms with E-state index in [1.54, 1.807) is 12.1 Å². The first kappa shape index (κ1) is 13.6. The molecule has 2 fully saturated rings. The van der Waals surface area contributed by atoms with Gasteiger partial charge in [-0.15, -0.1) is 0 Å². The molecule has 1 saturated heterocycles. The van der Waals surface area contributed by atoms with Gasteiger partial charge in [-0.05, 0) is 43.0 Å². The number of benzene rings is 1. The summed E-state index contributed by atoms with van der Waals surface area (Å²) >= 11 is 0. The molecule has 1 aliphatic heterocycles. The Bertz CT molecular complexity index is 503. The Morgan fingerprint density at radius 1 is 1.25 bits per heavy atom. The molecule has 1 aliphatic carbocycles. The maximum atomic E-state index is 10.9. The summed E-state index contributed by atoms with van der Waals surface area (Å²) in [6, 6.07) is 6.32. The van der Waals surface area contributed by atoms with Crippen molar-refractivity contribution >= 4 is 5.97 Å². The number of hydrogen-bond acceptors (Lipinski definition) is 3.